The number of amides is 2. The van der Waals surface area contributed by atoms with Crippen molar-refractivity contribution in [3.05, 3.63) is 29.3 Å². The van der Waals surface area contributed by atoms with E-state index < -0.39 is 0 Å². The summed E-state index contributed by atoms with van der Waals surface area (Å²) in [6.45, 7) is 5.99. The number of rotatable bonds is 2. The summed E-state index contributed by atoms with van der Waals surface area (Å²) in [5, 5.41) is 7.10. The van der Waals surface area contributed by atoms with Gasteiger partial charge in [0.2, 0.25) is 0 Å². The van der Waals surface area contributed by atoms with Gasteiger partial charge in [0, 0.05) is 16.9 Å². The van der Waals surface area contributed by atoms with Gasteiger partial charge in [0.25, 0.3) is 0 Å². The molecular formula is C12H16ClN3O. The van der Waals surface area contributed by atoms with Crippen LogP contribution < -0.4 is 10.7 Å². The lowest BCUT2D eigenvalue weighted by molar-refractivity contribution is 0.252. The van der Waals surface area contributed by atoms with E-state index in [9.17, 15) is 4.79 Å². The van der Waals surface area contributed by atoms with Crippen molar-refractivity contribution in [2.24, 2.45) is 10.5 Å². The Kier molecular flexibility index (Phi) is 4.52. The molecule has 0 saturated heterocycles. The molecule has 5 heteroatoms. The van der Waals surface area contributed by atoms with E-state index in [0.29, 0.717) is 10.7 Å². The molecule has 4 nitrogen and oxygen atoms in total. The number of anilines is 1. The van der Waals surface area contributed by atoms with Gasteiger partial charge in [0.15, 0.2) is 0 Å². The van der Waals surface area contributed by atoms with E-state index >= 15 is 0 Å². The van der Waals surface area contributed by atoms with Crippen LogP contribution in [-0.2, 0) is 0 Å². The van der Waals surface area contributed by atoms with Crippen molar-refractivity contribution >= 4 is 29.5 Å². The highest BCUT2D eigenvalue weighted by Crippen LogP contribution is 2.13. The first-order chi connectivity index (χ1) is 7.87. The third-order valence-corrected chi connectivity index (χ3v) is 1.97. The molecule has 1 aromatic rings. The maximum Gasteiger partial charge on any atom is 0.339 e. The molecule has 0 unspecified atom stereocenters. The van der Waals surface area contributed by atoms with Crippen molar-refractivity contribution in [1.29, 1.82) is 0 Å². The summed E-state index contributed by atoms with van der Waals surface area (Å²) >= 11 is 5.73. The number of halogens is 1. The highest BCUT2D eigenvalue weighted by molar-refractivity contribution is 6.30. The number of hydrogen-bond donors (Lipinski definition) is 2. The molecule has 0 saturated carbocycles. The lowest BCUT2D eigenvalue weighted by Crippen LogP contribution is -2.25. The number of hydrazone groups is 1. The predicted octanol–water partition coefficient (Wildman–Crippen LogP) is 3.49. The number of nitrogens with one attached hydrogen (secondary N) is 2. The second kappa shape index (κ2) is 5.68. The topological polar surface area (TPSA) is 53.5 Å². The Morgan fingerprint density at radius 3 is 2.41 bits per heavy atom. The van der Waals surface area contributed by atoms with E-state index in [0.717, 1.165) is 0 Å². The molecule has 1 aromatic carbocycles. The van der Waals surface area contributed by atoms with Crippen molar-refractivity contribution in [2.45, 2.75) is 20.8 Å². The van der Waals surface area contributed by atoms with Crippen LogP contribution in [0.25, 0.3) is 0 Å². The summed E-state index contributed by atoms with van der Waals surface area (Å²) in [7, 11) is 0. The molecule has 0 fully saturated rings. The summed E-state index contributed by atoms with van der Waals surface area (Å²) in [6.07, 6.45) is 1.68. The average molecular weight is 254 g/mol. The minimum atomic E-state index is -0.382. The molecule has 0 aliphatic carbocycles. The van der Waals surface area contributed by atoms with E-state index in [-0.39, 0.29) is 11.4 Å². The predicted molar refractivity (Wildman–Crippen MR) is 71.6 cm³/mol. The second-order valence-electron chi connectivity index (χ2n) is 4.70. The summed E-state index contributed by atoms with van der Waals surface area (Å²) in [4.78, 5) is 11.4. The molecule has 0 bridgehead atoms. The van der Waals surface area contributed by atoms with Gasteiger partial charge in [-0.1, -0.05) is 32.4 Å². The van der Waals surface area contributed by atoms with Gasteiger partial charge in [-0.05, 0) is 29.7 Å². The molecule has 0 atom stereocenters. The maximum atomic E-state index is 11.4. The third-order valence-electron chi connectivity index (χ3n) is 1.72. The SMILES string of the molecule is CC(C)(C)/C=N/NC(=O)Nc1ccc(Cl)cc1. The maximum absolute atomic E-state index is 11.4. The molecular weight excluding hydrogens is 238 g/mol. The van der Waals surface area contributed by atoms with Gasteiger partial charge in [-0.25, -0.2) is 10.2 Å². The van der Waals surface area contributed by atoms with Crippen LogP contribution in [-0.4, -0.2) is 12.2 Å². The van der Waals surface area contributed by atoms with Crippen LogP contribution in [0, 0.1) is 5.41 Å². The monoisotopic (exact) mass is 253 g/mol. The smallest absolute Gasteiger partial charge is 0.307 e. The van der Waals surface area contributed by atoms with Crippen LogP contribution in [0.3, 0.4) is 0 Å². The quantitative estimate of drug-likeness (QED) is 0.615. The lowest BCUT2D eigenvalue weighted by Gasteiger charge is -2.10. The Hall–Kier alpha value is -1.55. The van der Waals surface area contributed by atoms with Crippen molar-refractivity contribution in [3.8, 4) is 0 Å². The zero-order valence-electron chi connectivity index (χ0n) is 10.1. The molecule has 0 heterocycles. The summed E-state index contributed by atoms with van der Waals surface area (Å²) in [6, 6.07) is 6.46. The number of urea groups is 1. The number of carbonyl (C=O) groups is 1. The number of benzene rings is 1. The standard InChI is InChI=1S/C12H16ClN3O/c1-12(2,3)8-14-16-11(17)15-10-6-4-9(13)5-7-10/h4-8H,1-3H3,(H2,15,16,17)/b14-8+. The second-order valence-corrected chi connectivity index (χ2v) is 5.13. The number of carbonyl (C=O) groups excluding carboxylic acids is 1. The molecule has 2 N–H and O–H groups in total. The minimum absolute atomic E-state index is 0.0620. The summed E-state index contributed by atoms with van der Waals surface area (Å²) < 4.78 is 0. The molecule has 17 heavy (non-hydrogen) atoms. The first-order valence-electron chi connectivity index (χ1n) is 5.23. The van der Waals surface area contributed by atoms with Gasteiger partial charge >= 0.3 is 6.03 Å². The Morgan fingerprint density at radius 2 is 1.88 bits per heavy atom. The van der Waals surface area contributed by atoms with Gasteiger partial charge in [-0.15, -0.1) is 0 Å². The van der Waals surface area contributed by atoms with Crippen LogP contribution in [0.4, 0.5) is 10.5 Å². The van der Waals surface area contributed by atoms with Crippen LogP contribution in [0.5, 0.6) is 0 Å². The molecule has 2 amide bonds. The zero-order valence-corrected chi connectivity index (χ0v) is 10.9. The fourth-order valence-electron chi connectivity index (χ4n) is 0.977. The lowest BCUT2D eigenvalue weighted by atomic mass is 9.99. The van der Waals surface area contributed by atoms with Crippen LogP contribution in [0.2, 0.25) is 5.02 Å². The Bertz CT molecular complexity index is 407. The molecule has 0 aromatic heterocycles. The highest BCUT2D eigenvalue weighted by atomic mass is 35.5. The van der Waals surface area contributed by atoms with Crippen molar-refractivity contribution in [1.82, 2.24) is 5.43 Å². The van der Waals surface area contributed by atoms with Crippen molar-refractivity contribution in [2.75, 3.05) is 5.32 Å². The van der Waals surface area contributed by atoms with Gasteiger partial charge in [0.1, 0.15) is 0 Å². The molecule has 0 radical (unpaired) electrons. The number of nitrogens with zero attached hydrogens (tertiary/aromatic N) is 1. The molecule has 0 aliphatic rings. The van der Waals surface area contributed by atoms with Gasteiger partial charge < -0.3 is 5.32 Å². The van der Waals surface area contributed by atoms with E-state index in [1.54, 1.807) is 30.5 Å². The summed E-state index contributed by atoms with van der Waals surface area (Å²) in [5.74, 6) is 0. The first-order valence-corrected chi connectivity index (χ1v) is 5.61. The molecule has 1 rings (SSSR count). The van der Waals surface area contributed by atoms with Crippen molar-refractivity contribution < 1.29 is 4.79 Å². The summed E-state index contributed by atoms with van der Waals surface area (Å²) in [5.41, 5.74) is 2.99. The first kappa shape index (κ1) is 13.5. The van der Waals surface area contributed by atoms with Crippen LogP contribution in [0.1, 0.15) is 20.8 Å². The van der Waals surface area contributed by atoms with Gasteiger partial charge in [0.05, 0.1) is 0 Å². The Morgan fingerprint density at radius 1 is 1.29 bits per heavy atom. The normalized spacial score (nSPS) is 11.5. The van der Waals surface area contributed by atoms with E-state index in [2.05, 4.69) is 15.8 Å². The number of hydrogen-bond acceptors (Lipinski definition) is 2. The Labute approximate surface area is 106 Å². The van der Waals surface area contributed by atoms with E-state index in [4.69, 9.17) is 11.6 Å². The fraction of sp³-hybridized carbons (Fsp3) is 0.333. The Balaban J connectivity index is 2.45. The van der Waals surface area contributed by atoms with Crippen LogP contribution in [0.15, 0.2) is 29.4 Å². The average Bonchev–Trinajstić information content (AvgIpc) is 2.19. The van der Waals surface area contributed by atoms with Gasteiger partial charge in [-0.2, -0.15) is 5.10 Å². The van der Waals surface area contributed by atoms with E-state index in [1.165, 1.54) is 0 Å². The van der Waals surface area contributed by atoms with Crippen LogP contribution >= 0.6 is 11.6 Å². The van der Waals surface area contributed by atoms with E-state index in [1.807, 2.05) is 20.8 Å². The third kappa shape index (κ3) is 5.92. The minimum Gasteiger partial charge on any atom is -0.307 e. The zero-order chi connectivity index (χ0) is 12.9. The van der Waals surface area contributed by atoms with Gasteiger partial charge in [-0.3, -0.25) is 0 Å². The fourth-order valence-corrected chi connectivity index (χ4v) is 1.10. The largest absolute Gasteiger partial charge is 0.339 e. The molecule has 0 spiro atoms. The van der Waals surface area contributed by atoms with Crippen molar-refractivity contribution in [3.63, 3.8) is 0 Å². The molecule has 0 aliphatic heterocycles. The highest BCUT2D eigenvalue weighted by Gasteiger charge is 2.05. The molecule has 92 valence electrons.